The summed E-state index contributed by atoms with van der Waals surface area (Å²) in [5, 5.41) is 4.09. The molecule has 1 unspecified atom stereocenters. The molecular weight excluding hydrogens is 289 g/mol. The Morgan fingerprint density at radius 1 is 1.19 bits per heavy atom. The highest BCUT2D eigenvalue weighted by Gasteiger charge is 2.16. The first-order valence-electron chi connectivity index (χ1n) is 6.95. The average molecular weight is 308 g/mol. The highest BCUT2D eigenvalue weighted by Crippen LogP contribution is 2.30. The molecule has 0 radical (unpaired) electrons. The smallest absolute Gasteiger partial charge is 0.125 e. The number of methoxy groups -OCH3 is 1. The van der Waals surface area contributed by atoms with Crippen LogP contribution >= 0.6 is 11.6 Å². The zero-order chi connectivity index (χ0) is 15.2. The molecule has 112 valence electrons. The summed E-state index contributed by atoms with van der Waals surface area (Å²) in [6, 6.07) is 12.3. The minimum atomic E-state index is -0.220. The van der Waals surface area contributed by atoms with E-state index in [0.29, 0.717) is 5.02 Å². The van der Waals surface area contributed by atoms with Gasteiger partial charge in [0.15, 0.2) is 0 Å². The zero-order valence-corrected chi connectivity index (χ0v) is 13.0. The van der Waals surface area contributed by atoms with Crippen molar-refractivity contribution in [3.05, 3.63) is 64.4 Å². The predicted molar refractivity (Wildman–Crippen MR) is 84.5 cm³/mol. The van der Waals surface area contributed by atoms with Gasteiger partial charge in [0.05, 0.1) is 7.11 Å². The van der Waals surface area contributed by atoms with Gasteiger partial charge < -0.3 is 10.1 Å². The van der Waals surface area contributed by atoms with Gasteiger partial charge in [-0.15, -0.1) is 0 Å². The fourth-order valence-corrected chi connectivity index (χ4v) is 2.53. The van der Waals surface area contributed by atoms with E-state index in [1.165, 1.54) is 12.1 Å². The van der Waals surface area contributed by atoms with Gasteiger partial charge in [-0.1, -0.05) is 36.7 Å². The van der Waals surface area contributed by atoms with Crippen molar-refractivity contribution in [2.24, 2.45) is 0 Å². The molecule has 0 aromatic heterocycles. The van der Waals surface area contributed by atoms with E-state index in [1.54, 1.807) is 7.11 Å². The van der Waals surface area contributed by atoms with Crippen molar-refractivity contribution in [1.82, 2.24) is 5.32 Å². The summed E-state index contributed by atoms with van der Waals surface area (Å²) in [7, 11) is 1.63. The molecule has 0 fully saturated rings. The largest absolute Gasteiger partial charge is 0.496 e. The van der Waals surface area contributed by atoms with Crippen LogP contribution in [0, 0.1) is 5.82 Å². The van der Waals surface area contributed by atoms with Gasteiger partial charge in [0.1, 0.15) is 11.6 Å². The van der Waals surface area contributed by atoms with Crippen LogP contribution in [0.1, 0.15) is 24.1 Å². The van der Waals surface area contributed by atoms with Crippen LogP contribution in [0.4, 0.5) is 4.39 Å². The second-order valence-electron chi connectivity index (χ2n) is 4.83. The van der Waals surface area contributed by atoms with Gasteiger partial charge in [-0.3, -0.25) is 0 Å². The molecule has 1 atom stereocenters. The monoisotopic (exact) mass is 307 g/mol. The summed E-state index contributed by atoms with van der Waals surface area (Å²) in [6.45, 7) is 2.89. The number of hydrogen-bond donors (Lipinski definition) is 1. The van der Waals surface area contributed by atoms with Crippen molar-refractivity contribution < 1.29 is 9.13 Å². The Balaban J connectivity index is 2.28. The Kier molecular flexibility index (Phi) is 5.59. The van der Waals surface area contributed by atoms with Crippen LogP contribution in [0.5, 0.6) is 5.75 Å². The number of hydrogen-bond acceptors (Lipinski definition) is 2. The third-order valence-corrected chi connectivity index (χ3v) is 3.61. The maximum atomic E-state index is 13.0. The summed E-state index contributed by atoms with van der Waals surface area (Å²) >= 11 is 6.01. The minimum absolute atomic E-state index is 0.0904. The Hall–Kier alpha value is -1.58. The standard InChI is InChI=1S/C17H19ClFNO/c1-3-20-16(10-12-4-7-14(19)8-5-12)15-9-6-13(18)11-17(15)21-2/h4-9,11,16,20H,3,10H2,1-2H3. The summed E-state index contributed by atoms with van der Waals surface area (Å²) in [5.74, 6) is 0.540. The molecule has 2 nitrogen and oxygen atoms in total. The van der Waals surface area contributed by atoms with Gasteiger partial charge in [0.25, 0.3) is 0 Å². The van der Waals surface area contributed by atoms with Crippen LogP contribution in [0.2, 0.25) is 5.02 Å². The lowest BCUT2D eigenvalue weighted by atomic mass is 9.98. The first-order valence-corrected chi connectivity index (χ1v) is 7.33. The first kappa shape index (κ1) is 15.8. The fraction of sp³-hybridized carbons (Fsp3) is 0.294. The zero-order valence-electron chi connectivity index (χ0n) is 12.2. The number of halogens is 2. The topological polar surface area (TPSA) is 21.3 Å². The van der Waals surface area contributed by atoms with Crippen molar-refractivity contribution in [1.29, 1.82) is 0 Å². The second-order valence-corrected chi connectivity index (χ2v) is 5.26. The maximum Gasteiger partial charge on any atom is 0.125 e. The molecule has 0 aliphatic heterocycles. The van der Waals surface area contributed by atoms with Crippen molar-refractivity contribution in [2.75, 3.05) is 13.7 Å². The van der Waals surface area contributed by atoms with Crippen LogP contribution in [0.25, 0.3) is 0 Å². The highest BCUT2D eigenvalue weighted by molar-refractivity contribution is 6.30. The number of likely N-dealkylation sites (N-methyl/N-ethyl adjacent to an activating group) is 1. The van der Waals surface area contributed by atoms with Gasteiger partial charge in [0.2, 0.25) is 0 Å². The molecule has 2 aromatic carbocycles. The highest BCUT2D eigenvalue weighted by atomic mass is 35.5. The van der Waals surface area contributed by atoms with Crippen LogP contribution < -0.4 is 10.1 Å². The lowest BCUT2D eigenvalue weighted by molar-refractivity contribution is 0.399. The summed E-state index contributed by atoms with van der Waals surface area (Å²) in [5.41, 5.74) is 2.12. The van der Waals surface area contributed by atoms with Crippen LogP contribution in [0.15, 0.2) is 42.5 Å². The van der Waals surface area contributed by atoms with Crippen LogP contribution in [-0.4, -0.2) is 13.7 Å². The third kappa shape index (κ3) is 4.19. The van der Waals surface area contributed by atoms with E-state index < -0.39 is 0 Å². The molecule has 0 saturated carbocycles. The molecule has 2 aromatic rings. The van der Waals surface area contributed by atoms with Crippen LogP contribution in [-0.2, 0) is 6.42 Å². The summed E-state index contributed by atoms with van der Waals surface area (Å²) < 4.78 is 18.4. The third-order valence-electron chi connectivity index (χ3n) is 3.37. The lowest BCUT2D eigenvalue weighted by Gasteiger charge is -2.21. The minimum Gasteiger partial charge on any atom is -0.496 e. The molecule has 0 saturated heterocycles. The molecule has 0 bridgehead atoms. The van der Waals surface area contributed by atoms with Gasteiger partial charge in [-0.2, -0.15) is 0 Å². The molecule has 0 amide bonds. The Labute approximate surface area is 129 Å². The fourth-order valence-electron chi connectivity index (χ4n) is 2.37. The van der Waals surface area contributed by atoms with Crippen molar-refractivity contribution >= 4 is 11.6 Å². The molecule has 1 N–H and O–H groups in total. The van der Waals surface area contributed by atoms with E-state index in [1.807, 2.05) is 30.3 Å². The lowest BCUT2D eigenvalue weighted by Crippen LogP contribution is -2.23. The van der Waals surface area contributed by atoms with E-state index in [2.05, 4.69) is 12.2 Å². The Morgan fingerprint density at radius 2 is 1.90 bits per heavy atom. The van der Waals surface area contributed by atoms with Crippen molar-refractivity contribution in [3.63, 3.8) is 0 Å². The number of rotatable bonds is 6. The van der Waals surface area contributed by atoms with E-state index in [0.717, 1.165) is 29.8 Å². The second kappa shape index (κ2) is 7.43. The van der Waals surface area contributed by atoms with Gasteiger partial charge >= 0.3 is 0 Å². The SMILES string of the molecule is CCNC(Cc1ccc(F)cc1)c1ccc(Cl)cc1OC. The Morgan fingerprint density at radius 3 is 2.52 bits per heavy atom. The van der Waals surface area contributed by atoms with Gasteiger partial charge in [-0.05, 0) is 42.8 Å². The predicted octanol–water partition coefficient (Wildman–Crippen LogP) is 4.38. The van der Waals surface area contributed by atoms with E-state index in [-0.39, 0.29) is 11.9 Å². The van der Waals surface area contributed by atoms with Crippen molar-refractivity contribution in [2.45, 2.75) is 19.4 Å². The molecule has 0 aliphatic carbocycles. The Bertz CT molecular complexity index is 586. The first-order chi connectivity index (χ1) is 10.1. The summed E-state index contributed by atoms with van der Waals surface area (Å²) in [4.78, 5) is 0. The van der Waals surface area contributed by atoms with Gasteiger partial charge in [0, 0.05) is 16.6 Å². The molecule has 0 heterocycles. The molecule has 21 heavy (non-hydrogen) atoms. The van der Waals surface area contributed by atoms with E-state index in [4.69, 9.17) is 16.3 Å². The maximum absolute atomic E-state index is 13.0. The summed E-state index contributed by atoms with van der Waals surface area (Å²) in [6.07, 6.45) is 0.756. The molecule has 2 rings (SSSR count). The normalized spacial score (nSPS) is 12.2. The molecular formula is C17H19ClFNO. The number of benzene rings is 2. The molecule has 4 heteroatoms. The average Bonchev–Trinajstić information content (AvgIpc) is 2.49. The van der Waals surface area contributed by atoms with E-state index >= 15 is 0 Å². The number of nitrogens with one attached hydrogen (secondary N) is 1. The molecule has 0 spiro atoms. The quantitative estimate of drug-likeness (QED) is 0.855. The van der Waals surface area contributed by atoms with E-state index in [9.17, 15) is 4.39 Å². The van der Waals surface area contributed by atoms with Crippen LogP contribution in [0.3, 0.4) is 0 Å². The van der Waals surface area contributed by atoms with Gasteiger partial charge in [-0.25, -0.2) is 4.39 Å². The van der Waals surface area contributed by atoms with Crippen molar-refractivity contribution in [3.8, 4) is 5.75 Å². The molecule has 0 aliphatic rings. The number of ether oxygens (including phenoxy) is 1.